The van der Waals surface area contributed by atoms with E-state index in [-0.39, 0.29) is 0 Å². The molecule has 1 aromatic heterocycles. The Morgan fingerprint density at radius 1 is 0.388 bits per heavy atom. The molecule has 0 radical (unpaired) electrons. The fourth-order valence-electron chi connectivity index (χ4n) is 8.29. The Bertz CT molecular complexity index is 2370. The number of nitrogens with zero attached hydrogens (tertiary/aromatic N) is 2. The van der Waals surface area contributed by atoms with Crippen LogP contribution in [0.3, 0.4) is 0 Å². The van der Waals surface area contributed by atoms with Crippen LogP contribution >= 0.6 is 0 Å². The van der Waals surface area contributed by atoms with Crippen molar-refractivity contribution < 1.29 is 0 Å². The minimum atomic E-state index is -0.485. The molecule has 0 atom stereocenters. The third-order valence-electron chi connectivity index (χ3n) is 10.4. The molecule has 49 heavy (non-hydrogen) atoms. The van der Waals surface area contributed by atoms with Gasteiger partial charge >= 0.3 is 0 Å². The van der Waals surface area contributed by atoms with Gasteiger partial charge in [0.2, 0.25) is 0 Å². The molecule has 2 heterocycles. The summed E-state index contributed by atoms with van der Waals surface area (Å²) in [4.78, 5) is 2.47. The summed E-state index contributed by atoms with van der Waals surface area (Å²) < 4.78 is 2.41. The van der Waals surface area contributed by atoms with Crippen LogP contribution in [0, 0.1) is 27.7 Å². The van der Waals surface area contributed by atoms with Gasteiger partial charge < -0.3 is 9.47 Å². The SMILES string of the molecule is Cc1ccc2c(c1)C(c1ccccc1)(c1ccccc1)c1cc(C)ccc1N2c1ccc(-n2c3ccc(C)cc3c3cc(C)ccc32)cc1. The van der Waals surface area contributed by atoms with Gasteiger partial charge in [-0.1, -0.05) is 119 Å². The minimum absolute atomic E-state index is 0.485. The fourth-order valence-corrected chi connectivity index (χ4v) is 8.29. The van der Waals surface area contributed by atoms with E-state index in [2.05, 4.69) is 195 Å². The third-order valence-corrected chi connectivity index (χ3v) is 10.4. The average Bonchev–Trinajstić information content (AvgIpc) is 3.44. The summed E-state index contributed by atoms with van der Waals surface area (Å²) in [7, 11) is 0. The van der Waals surface area contributed by atoms with Crippen LogP contribution in [0.1, 0.15) is 44.5 Å². The van der Waals surface area contributed by atoms with Crippen molar-refractivity contribution in [1.29, 1.82) is 0 Å². The molecule has 1 aliphatic heterocycles. The Morgan fingerprint density at radius 2 is 0.796 bits per heavy atom. The Morgan fingerprint density at radius 3 is 1.27 bits per heavy atom. The first kappa shape index (κ1) is 29.3. The Kier molecular flexibility index (Phi) is 6.64. The number of rotatable bonds is 4. The highest BCUT2D eigenvalue weighted by Crippen LogP contribution is 2.58. The average molecular weight is 631 g/mol. The molecular weight excluding hydrogens is 593 g/mol. The number of hydrogen-bond acceptors (Lipinski definition) is 1. The molecule has 0 saturated carbocycles. The molecule has 0 amide bonds. The zero-order chi connectivity index (χ0) is 33.3. The Hall–Kier alpha value is -5.86. The van der Waals surface area contributed by atoms with Gasteiger partial charge in [-0.2, -0.15) is 0 Å². The number of aryl methyl sites for hydroxylation is 4. The molecule has 236 valence electrons. The van der Waals surface area contributed by atoms with Crippen LogP contribution in [0.15, 0.2) is 158 Å². The van der Waals surface area contributed by atoms with Crippen LogP contribution in [-0.2, 0) is 5.41 Å². The molecule has 2 nitrogen and oxygen atoms in total. The van der Waals surface area contributed by atoms with Crippen molar-refractivity contribution >= 4 is 38.9 Å². The lowest BCUT2D eigenvalue weighted by molar-refractivity contribution is 0.729. The quantitative estimate of drug-likeness (QED) is 0.188. The summed E-state index contributed by atoms with van der Waals surface area (Å²) in [5, 5.41) is 2.59. The second-order valence-corrected chi connectivity index (χ2v) is 13.8. The van der Waals surface area contributed by atoms with Crippen LogP contribution in [0.4, 0.5) is 17.1 Å². The molecule has 7 aromatic carbocycles. The van der Waals surface area contributed by atoms with Crippen molar-refractivity contribution in [3.63, 3.8) is 0 Å². The van der Waals surface area contributed by atoms with Gasteiger partial charge in [-0.3, -0.25) is 0 Å². The zero-order valence-corrected chi connectivity index (χ0v) is 28.4. The summed E-state index contributed by atoms with van der Waals surface area (Å²) in [6.45, 7) is 8.77. The van der Waals surface area contributed by atoms with Crippen molar-refractivity contribution in [2.24, 2.45) is 0 Å². The summed E-state index contributed by atoms with van der Waals surface area (Å²) in [6.07, 6.45) is 0. The van der Waals surface area contributed by atoms with Crippen LogP contribution in [0.25, 0.3) is 27.5 Å². The van der Waals surface area contributed by atoms with Crippen molar-refractivity contribution in [1.82, 2.24) is 4.57 Å². The Labute approximate surface area is 288 Å². The molecule has 0 saturated heterocycles. The molecule has 0 N–H and O–H groups in total. The highest BCUT2D eigenvalue weighted by molar-refractivity contribution is 6.09. The molecule has 2 heteroatoms. The Balaban J connectivity index is 1.28. The van der Waals surface area contributed by atoms with E-state index < -0.39 is 5.41 Å². The van der Waals surface area contributed by atoms with E-state index in [9.17, 15) is 0 Å². The molecule has 9 rings (SSSR count). The maximum atomic E-state index is 2.47. The van der Waals surface area contributed by atoms with Gasteiger partial charge in [0.05, 0.1) is 27.8 Å². The molecule has 0 unspecified atom stereocenters. The molecule has 1 aliphatic rings. The van der Waals surface area contributed by atoms with Crippen molar-refractivity contribution in [2.75, 3.05) is 4.90 Å². The van der Waals surface area contributed by atoms with Crippen LogP contribution in [0.5, 0.6) is 0 Å². The first-order valence-corrected chi connectivity index (χ1v) is 17.2. The monoisotopic (exact) mass is 630 g/mol. The molecule has 0 spiro atoms. The van der Waals surface area contributed by atoms with E-state index in [0.717, 1.165) is 11.4 Å². The second kappa shape index (κ2) is 11.1. The normalized spacial score (nSPS) is 13.4. The van der Waals surface area contributed by atoms with Gasteiger partial charge in [0, 0.05) is 22.1 Å². The second-order valence-electron chi connectivity index (χ2n) is 13.8. The predicted molar refractivity (Wildman–Crippen MR) is 206 cm³/mol. The molecule has 0 bridgehead atoms. The number of aromatic nitrogens is 1. The maximum Gasteiger partial charge on any atom is 0.0742 e. The molecular formula is C47H38N2. The standard InChI is InChI=1S/C47H38N2/c1-31-15-23-43-39(27-31)40-28-32(2)16-24-44(40)48(43)37-19-21-38(22-20-37)49-45-25-17-33(3)29-41(45)47(35-11-7-5-8-12-35,36-13-9-6-10-14-36)42-30-34(4)18-26-46(42)49/h5-30H,1-4H3. The number of hydrogen-bond donors (Lipinski definition) is 0. The summed E-state index contributed by atoms with van der Waals surface area (Å²) >= 11 is 0. The summed E-state index contributed by atoms with van der Waals surface area (Å²) in [6, 6.07) is 58.8. The van der Waals surface area contributed by atoms with Gasteiger partial charge in [-0.25, -0.2) is 0 Å². The lowest BCUT2D eigenvalue weighted by Crippen LogP contribution is -2.38. The number of benzene rings is 7. The van der Waals surface area contributed by atoms with Crippen molar-refractivity contribution in [2.45, 2.75) is 33.1 Å². The lowest BCUT2D eigenvalue weighted by Gasteiger charge is -2.47. The topological polar surface area (TPSA) is 8.17 Å². The molecule has 8 aromatic rings. The van der Waals surface area contributed by atoms with Gasteiger partial charge in [0.25, 0.3) is 0 Å². The molecule has 0 aliphatic carbocycles. The summed E-state index contributed by atoms with van der Waals surface area (Å²) in [5.41, 5.74) is 16.8. The van der Waals surface area contributed by atoms with E-state index in [1.807, 2.05) is 0 Å². The zero-order valence-electron chi connectivity index (χ0n) is 28.4. The van der Waals surface area contributed by atoms with E-state index in [4.69, 9.17) is 0 Å². The van der Waals surface area contributed by atoms with Gasteiger partial charge in [0.1, 0.15) is 0 Å². The highest BCUT2D eigenvalue weighted by atomic mass is 15.2. The van der Waals surface area contributed by atoms with Gasteiger partial charge in [-0.05, 0) is 111 Å². The van der Waals surface area contributed by atoms with E-state index in [1.54, 1.807) is 0 Å². The first-order valence-electron chi connectivity index (χ1n) is 17.2. The largest absolute Gasteiger partial charge is 0.310 e. The van der Waals surface area contributed by atoms with Crippen LogP contribution < -0.4 is 4.90 Å². The van der Waals surface area contributed by atoms with E-state index >= 15 is 0 Å². The smallest absolute Gasteiger partial charge is 0.0742 e. The number of fused-ring (bicyclic) bond motifs is 5. The van der Waals surface area contributed by atoms with E-state index in [0.29, 0.717) is 0 Å². The third kappa shape index (κ3) is 4.41. The maximum absolute atomic E-state index is 2.47. The summed E-state index contributed by atoms with van der Waals surface area (Å²) in [5.74, 6) is 0. The van der Waals surface area contributed by atoms with Crippen LogP contribution in [-0.4, -0.2) is 4.57 Å². The highest BCUT2D eigenvalue weighted by Gasteiger charge is 2.46. The van der Waals surface area contributed by atoms with Gasteiger partial charge in [-0.15, -0.1) is 0 Å². The van der Waals surface area contributed by atoms with E-state index in [1.165, 1.54) is 77.7 Å². The van der Waals surface area contributed by atoms with Gasteiger partial charge in [0.15, 0.2) is 0 Å². The fraction of sp³-hybridized carbons (Fsp3) is 0.106. The minimum Gasteiger partial charge on any atom is -0.310 e. The van der Waals surface area contributed by atoms with Crippen LogP contribution in [0.2, 0.25) is 0 Å². The first-order chi connectivity index (χ1) is 23.9. The molecule has 0 fully saturated rings. The lowest BCUT2D eigenvalue weighted by atomic mass is 9.62. The predicted octanol–water partition coefficient (Wildman–Crippen LogP) is 12.2. The number of anilines is 3. The van der Waals surface area contributed by atoms with Crippen molar-refractivity contribution in [3.05, 3.63) is 202 Å². The van der Waals surface area contributed by atoms with Crippen molar-refractivity contribution in [3.8, 4) is 5.69 Å².